The van der Waals surface area contributed by atoms with E-state index in [1.165, 1.54) is 43.7 Å². The van der Waals surface area contributed by atoms with E-state index in [9.17, 15) is 0 Å². The monoisotopic (exact) mass is 259 g/mol. The average Bonchev–Trinajstić information content (AvgIpc) is 2.91. The molecule has 1 N–H and O–H groups in total. The third kappa shape index (κ3) is 3.35. The molecule has 2 aliphatic heterocycles. The highest BCUT2D eigenvalue weighted by atomic mass is 15.3. The first kappa shape index (κ1) is 13.1. The third-order valence-corrected chi connectivity index (χ3v) is 4.44. The Morgan fingerprint density at radius 3 is 2.58 bits per heavy atom. The summed E-state index contributed by atoms with van der Waals surface area (Å²) >= 11 is 0. The molecule has 3 rings (SSSR count). The Morgan fingerprint density at radius 1 is 1.11 bits per heavy atom. The van der Waals surface area contributed by atoms with Crippen molar-refractivity contribution in [3.8, 4) is 0 Å². The summed E-state index contributed by atoms with van der Waals surface area (Å²) in [6, 6.07) is 9.77. The molecule has 3 nitrogen and oxygen atoms in total. The van der Waals surface area contributed by atoms with Gasteiger partial charge in [-0.3, -0.25) is 9.80 Å². The number of hydrogen-bond acceptors (Lipinski definition) is 3. The van der Waals surface area contributed by atoms with E-state index in [1.54, 1.807) is 0 Å². The standard InChI is InChI=1S/C16H25N3/c1-14-2-4-15(5-3-14)12-18-9-6-16(13-18)19-10-7-17-8-11-19/h2-5,16-17H,6-13H2,1H3. The molecule has 1 unspecified atom stereocenters. The summed E-state index contributed by atoms with van der Waals surface area (Å²) in [5.41, 5.74) is 2.80. The van der Waals surface area contributed by atoms with Gasteiger partial charge in [0.25, 0.3) is 0 Å². The van der Waals surface area contributed by atoms with Gasteiger partial charge in [0.15, 0.2) is 0 Å². The Balaban J connectivity index is 1.52. The summed E-state index contributed by atoms with van der Waals surface area (Å²) < 4.78 is 0. The van der Waals surface area contributed by atoms with Crippen LogP contribution in [0.4, 0.5) is 0 Å². The van der Waals surface area contributed by atoms with Crippen LogP contribution in [-0.4, -0.2) is 55.1 Å². The number of likely N-dealkylation sites (tertiary alicyclic amines) is 1. The number of nitrogens with one attached hydrogen (secondary N) is 1. The third-order valence-electron chi connectivity index (χ3n) is 4.44. The van der Waals surface area contributed by atoms with Gasteiger partial charge in [0.1, 0.15) is 0 Å². The highest BCUT2D eigenvalue weighted by Crippen LogP contribution is 2.18. The van der Waals surface area contributed by atoms with E-state index in [2.05, 4.69) is 46.3 Å². The van der Waals surface area contributed by atoms with E-state index in [0.717, 1.165) is 25.7 Å². The molecule has 0 aromatic heterocycles. The van der Waals surface area contributed by atoms with E-state index >= 15 is 0 Å². The van der Waals surface area contributed by atoms with Crippen molar-refractivity contribution in [2.45, 2.75) is 25.9 Å². The second kappa shape index (κ2) is 6.04. The Kier molecular flexibility index (Phi) is 4.16. The Bertz CT molecular complexity index is 395. The SMILES string of the molecule is Cc1ccc(CN2CCC(N3CCNCC3)C2)cc1. The van der Waals surface area contributed by atoms with Crippen LogP contribution in [0.15, 0.2) is 24.3 Å². The van der Waals surface area contributed by atoms with Gasteiger partial charge in [0.2, 0.25) is 0 Å². The van der Waals surface area contributed by atoms with E-state index in [4.69, 9.17) is 0 Å². The van der Waals surface area contributed by atoms with Crippen molar-refractivity contribution in [3.63, 3.8) is 0 Å². The molecule has 2 fully saturated rings. The average molecular weight is 259 g/mol. The van der Waals surface area contributed by atoms with Crippen LogP contribution in [0.3, 0.4) is 0 Å². The van der Waals surface area contributed by atoms with Crippen LogP contribution in [0.25, 0.3) is 0 Å². The van der Waals surface area contributed by atoms with Gasteiger partial charge < -0.3 is 5.32 Å². The zero-order valence-electron chi connectivity index (χ0n) is 11.9. The van der Waals surface area contributed by atoms with Gasteiger partial charge in [-0.2, -0.15) is 0 Å². The molecule has 1 atom stereocenters. The zero-order valence-corrected chi connectivity index (χ0v) is 11.9. The van der Waals surface area contributed by atoms with Crippen molar-refractivity contribution < 1.29 is 0 Å². The Hall–Kier alpha value is -0.900. The summed E-state index contributed by atoms with van der Waals surface area (Å²) in [4.78, 5) is 5.28. The first-order valence-corrected chi connectivity index (χ1v) is 7.54. The number of aryl methyl sites for hydroxylation is 1. The summed E-state index contributed by atoms with van der Waals surface area (Å²) in [5, 5.41) is 3.44. The number of piperazine rings is 1. The molecule has 0 saturated carbocycles. The molecule has 3 heteroatoms. The van der Waals surface area contributed by atoms with Crippen molar-refractivity contribution in [3.05, 3.63) is 35.4 Å². The molecule has 2 aliphatic rings. The first-order valence-electron chi connectivity index (χ1n) is 7.54. The minimum absolute atomic E-state index is 0.785. The maximum atomic E-state index is 3.44. The van der Waals surface area contributed by atoms with Gasteiger partial charge >= 0.3 is 0 Å². The minimum Gasteiger partial charge on any atom is -0.314 e. The number of benzene rings is 1. The van der Waals surface area contributed by atoms with Crippen molar-refractivity contribution in [1.29, 1.82) is 0 Å². The van der Waals surface area contributed by atoms with Crippen molar-refractivity contribution in [2.75, 3.05) is 39.3 Å². The lowest BCUT2D eigenvalue weighted by atomic mass is 10.1. The number of nitrogens with zero attached hydrogens (tertiary/aromatic N) is 2. The molecule has 104 valence electrons. The number of hydrogen-bond donors (Lipinski definition) is 1. The van der Waals surface area contributed by atoms with Gasteiger partial charge in [-0.05, 0) is 18.9 Å². The second-order valence-electron chi connectivity index (χ2n) is 5.95. The first-order chi connectivity index (χ1) is 9.31. The van der Waals surface area contributed by atoms with Gasteiger partial charge in [-0.1, -0.05) is 29.8 Å². The van der Waals surface area contributed by atoms with Gasteiger partial charge in [-0.25, -0.2) is 0 Å². The van der Waals surface area contributed by atoms with Crippen molar-refractivity contribution >= 4 is 0 Å². The lowest BCUT2D eigenvalue weighted by Crippen LogP contribution is -2.49. The predicted octanol–water partition coefficient (Wildman–Crippen LogP) is 1.47. The topological polar surface area (TPSA) is 18.5 Å². The van der Waals surface area contributed by atoms with Crippen molar-refractivity contribution in [2.24, 2.45) is 0 Å². The second-order valence-corrected chi connectivity index (χ2v) is 5.95. The molecule has 1 aromatic rings. The highest BCUT2D eigenvalue weighted by molar-refractivity contribution is 5.21. The fourth-order valence-electron chi connectivity index (χ4n) is 3.25. The summed E-state index contributed by atoms with van der Waals surface area (Å²) in [7, 11) is 0. The normalized spacial score (nSPS) is 25.8. The van der Waals surface area contributed by atoms with E-state index in [0.29, 0.717) is 0 Å². The Morgan fingerprint density at radius 2 is 1.84 bits per heavy atom. The fourth-order valence-corrected chi connectivity index (χ4v) is 3.25. The molecule has 2 heterocycles. The van der Waals surface area contributed by atoms with E-state index in [1.807, 2.05) is 0 Å². The molecule has 19 heavy (non-hydrogen) atoms. The zero-order chi connectivity index (χ0) is 13.1. The van der Waals surface area contributed by atoms with Gasteiger partial charge in [-0.15, -0.1) is 0 Å². The molecular weight excluding hydrogens is 234 g/mol. The van der Waals surface area contributed by atoms with Crippen molar-refractivity contribution in [1.82, 2.24) is 15.1 Å². The van der Waals surface area contributed by atoms with Gasteiger partial charge in [0.05, 0.1) is 0 Å². The molecule has 0 radical (unpaired) electrons. The minimum atomic E-state index is 0.785. The molecular formula is C16H25N3. The predicted molar refractivity (Wildman–Crippen MR) is 79.3 cm³/mol. The molecule has 0 aliphatic carbocycles. The van der Waals surface area contributed by atoms with Crippen LogP contribution in [0, 0.1) is 6.92 Å². The quantitative estimate of drug-likeness (QED) is 0.887. The molecule has 1 aromatic carbocycles. The summed E-state index contributed by atoms with van der Waals surface area (Å²) in [6.07, 6.45) is 1.34. The van der Waals surface area contributed by atoms with Crippen LogP contribution in [0.5, 0.6) is 0 Å². The lowest BCUT2D eigenvalue weighted by Gasteiger charge is -2.32. The largest absolute Gasteiger partial charge is 0.314 e. The van der Waals surface area contributed by atoms with Crippen LogP contribution in [-0.2, 0) is 6.54 Å². The highest BCUT2D eigenvalue weighted by Gasteiger charge is 2.28. The summed E-state index contributed by atoms with van der Waals surface area (Å²) in [6.45, 7) is 10.5. The maximum Gasteiger partial charge on any atom is 0.0236 e. The molecule has 0 spiro atoms. The molecule has 2 saturated heterocycles. The molecule has 0 amide bonds. The summed E-state index contributed by atoms with van der Waals surface area (Å²) in [5.74, 6) is 0. The maximum absolute atomic E-state index is 3.44. The fraction of sp³-hybridized carbons (Fsp3) is 0.625. The van der Waals surface area contributed by atoms with Crippen LogP contribution >= 0.6 is 0 Å². The Labute approximate surface area is 116 Å². The molecule has 0 bridgehead atoms. The van der Waals surface area contributed by atoms with Crippen LogP contribution in [0.2, 0.25) is 0 Å². The smallest absolute Gasteiger partial charge is 0.0236 e. The van der Waals surface area contributed by atoms with Crippen LogP contribution in [0.1, 0.15) is 17.5 Å². The van der Waals surface area contributed by atoms with E-state index < -0.39 is 0 Å². The lowest BCUT2D eigenvalue weighted by molar-refractivity contribution is 0.170. The van der Waals surface area contributed by atoms with E-state index in [-0.39, 0.29) is 0 Å². The van der Waals surface area contributed by atoms with Gasteiger partial charge in [0, 0.05) is 51.9 Å². The van der Waals surface area contributed by atoms with Crippen LogP contribution < -0.4 is 5.32 Å². The number of rotatable bonds is 3.